The van der Waals surface area contributed by atoms with Gasteiger partial charge in [-0.05, 0) is 79.9 Å². The minimum absolute atomic E-state index is 0.0282. The molecule has 38 heavy (non-hydrogen) atoms. The third-order valence-electron chi connectivity index (χ3n) is 5.36. The molecule has 12 heteroatoms. The Labute approximate surface area is 245 Å². The molecule has 2 N–H and O–H groups in total. The summed E-state index contributed by atoms with van der Waals surface area (Å²) in [5.74, 6) is -0.199. The first-order valence-corrected chi connectivity index (χ1v) is 13.3. The van der Waals surface area contributed by atoms with Crippen molar-refractivity contribution in [3.8, 4) is 11.5 Å². The number of ether oxygens (including phenoxy) is 2. The third kappa shape index (κ3) is 6.50. The zero-order valence-electron chi connectivity index (χ0n) is 19.7. The molecule has 1 fully saturated rings. The second-order valence-electron chi connectivity index (χ2n) is 7.97. The van der Waals surface area contributed by atoms with Gasteiger partial charge in [-0.3, -0.25) is 9.59 Å². The minimum Gasteiger partial charge on any atom is -0.495 e. The van der Waals surface area contributed by atoms with Crippen molar-refractivity contribution in [3.05, 3.63) is 90.4 Å². The van der Waals surface area contributed by atoms with Gasteiger partial charge in [0.2, 0.25) is 5.91 Å². The summed E-state index contributed by atoms with van der Waals surface area (Å²) in [6.07, 6.45) is 1.51. The van der Waals surface area contributed by atoms with E-state index in [1.807, 2.05) is 0 Å². The Bertz CT molecular complexity index is 1440. The number of halogens is 4. The molecule has 4 rings (SSSR count). The largest absolute Gasteiger partial charge is 0.495 e. The van der Waals surface area contributed by atoms with Crippen LogP contribution >= 0.6 is 55.1 Å². The molecule has 0 spiro atoms. The summed E-state index contributed by atoms with van der Waals surface area (Å²) in [4.78, 5) is 38.7. The second-order valence-corrected chi connectivity index (χ2v) is 10.5. The maximum Gasteiger partial charge on any atom is 0.329 e. The van der Waals surface area contributed by atoms with Gasteiger partial charge < -0.3 is 20.1 Å². The monoisotopic (exact) mass is 681 g/mol. The maximum atomic E-state index is 12.9. The van der Waals surface area contributed by atoms with Crippen molar-refractivity contribution in [1.29, 1.82) is 0 Å². The van der Waals surface area contributed by atoms with E-state index in [1.54, 1.807) is 54.6 Å². The Morgan fingerprint density at radius 3 is 2.47 bits per heavy atom. The van der Waals surface area contributed by atoms with E-state index in [4.69, 9.17) is 32.7 Å². The molecule has 1 aliphatic rings. The highest BCUT2D eigenvalue weighted by molar-refractivity contribution is 9.11. The zero-order valence-corrected chi connectivity index (χ0v) is 24.4. The van der Waals surface area contributed by atoms with E-state index in [2.05, 4.69) is 42.5 Å². The number of hydrogen-bond acceptors (Lipinski definition) is 5. The van der Waals surface area contributed by atoms with Gasteiger partial charge in [0.05, 0.1) is 21.7 Å². The van der Waals surface area contributed by atoms with Gasteiger partial charge in [0, 0.05) is 15.6 Å². The molecule has 0 saturated carbocycles. The van der Waals surface area contributed by atoms with Gasteiger partial charge in [0.25, 0.3) is 5.91 Å². The molecule has 4 amide bonds. The number of carbonyl (C=O) groups is 3. The van der Waals surface area contributed by atoms with Gasteiger partial charge in [-0.15, -0.1) is 0 Å². The first-order valence-electron chi connectivity index (χ1n) is 11.0. The molecule has 3 aromatic rings. The molecule has 1 saturated heterocycles. The van der Waals surface area contributed by atoms with Gasteiger partial charge in [0.15, 0.2) is 0 Å². The van der Waals surface area contributed by atoms with Crippen LogP contribution in [0.2, 0.25) is 10.0 Å². The smallest absolute Gasteiger partial charge is 0.329 e. The summed E-state index contributed by atoms with van der Waals surface area (Å²) < 4.78 is 12.3. The number of methoxy groups -OCH3 is 1. The highest BCUT2D eigenvalue weighted by Gasteiger charge is 2.35. The summed E-state index contributed by atoms with van der Waals surface area (Å²) in [5, 5.41) is 6.18. The van der Waals surface area contributed by atoms with Crippen LogP contribution in [0.5, 0.6) is 11.5 Å². The standard InChI is InChI=1S/C26H19Br2Cl2N3O5/c1-37-22-5-3-2-4-20(22)31-23(34)12-33-25(35)21(32-26(33)36)10-14-8-17(27)24(18(28)9-14)38-13-15-6-7-16(29)11-19(15)30/h2-11H,12-13H2,1H3,(H,31,34)(H,32,36)/b21-10+. The Hall–Kier alpha value is -3.05. The highest BCUT2D eigenvalue weighted by atomic mass is 79.9. The lowest BCUT2D eigenvalue weighted by molar-refractivity contribution is -0.127. The molecule has 0 aromatic heterocycles. The van der Waals surface area contributed by atoms with Crippen molar-refractivity contribution < 1.29 is 23.9 Å². The van der Waals surface area contributed by atoms with Crippen LogP contribution in [0.1, 0.15) is 11.1 Å². The van der Waals surface area contributed by atoms with Crippen LogP contribution in [0.25, 0.3) is 6.08 Å². The molecule has 8 nitrogen and oxygen atoms in total. The van der Waals surface area contributed by atoms with Crippen molar-refractivity contribution >= 4 is 84.7 Å². The lowest BCUT2D eigenvalue weighted by Crippen LogP contribution is -2.38. The van der Waals surface area contributed by atoms with Crippen molar-refractivity contribution in [2.75, 3.05) is 19.0 Å². The van der Waals surface area contributed by atoms with Crippen LogP contribution in [0, 0.1) is 0 Å². The van der Waals surface area contributed by atoms with Crippen molar-refractivity contribution in [2.45, 2.75) is 6.61 Å². The fourth-order valence-corrected chi connectivity index (χ4v) is 5.47. The summed E-state index contributed by atoms with van der Waals surface area (Å²) in [6, 6.07) is 14.7. The molecular weight excluding hydrogens is 665 g/mol. The summed E-state index contributed by atoms with van der Waals surface area (Å²) in [5.41, 5.74) is 1.82. The Morgan fingerprint density at radius 2 is 1.79 bits per heavy atom. The number of imide groups is 1. The summed E-state index contributed by atoms with van der Waals surface area (Å²) in [7, 11) is 1.48. The minimum atomic E-state index is -0.700. The fourth-order valence-electron chi connectivity index (χ4n) is 3.55. The van der Waals surface area contributed by atoms with Crippen LogP contribution in [-0.2, 0) is 16.2 Å². The van der Waals surface area contributed by atoms with Gasteiger partial charge >= 0.3 is 6.03 Å². The van der Waals surface area contributed by atoms with Crippen LogP contribution in [-0.4, -0.2) is 36.4 Å². The van der Waals surface area contributed by atoms with E-state index in [1.165, 1.54) is 13.2 Å². The third-order valence-corrected chi connectivity index (χ3v) is 7.13. The highest BCUT2D eigenvalue weighted by Crippen LogP contribution is 2.36. The van der Waals surface area contributed by atoms with Crippen LogP contribution in [0.4, 0.5) is 10.5 Å². The zero-order chi connectivity index (χ0) is 27.4. The van der Waals surface area contributed by atoms with E-state index in [0.717, 1.165) is 10.5 Å². The molecule has 0 bridgehead atoms. The number of amides is 4. The fraction of sp³-hybridized carbons (Fsp3) is 0.115. The van der Waals surface area contributed by atoms with Gasteiger partial charge in [-0.2, -0.15) is 0 Å². The SMILES string of the molecule is COc1ccccc1NC(=O)CN1C(=O)N/C(=C/c2cc(Br)c(OCc3ccc(Cl)cc3Cl)c(Br)c2)C1=O. The van der Waals surface area contributed by atoms with Gasteiger partial charge in [-0.25, -0.2) is 9.69 Å². The number of hydrogen-bond donors (Lipinski definition) is 2. The van der Waals surface area contributed by atoms with E-state index in [-0.39, 0.29) is 12.3 Å². The Morgan fingerprint density at radius 1 is 1.08 bits per heavy atom. The predicted octanol–water partition coefficient (Wildman–Crippen LogP) is 6.64. The molecule has 0 radical (unpaired) electrons. The number of carbonyl (C=O) groups excluding carboxylic acids is 3. The number of rotatable bonds is 8. The molecule has 0 atom stereocenters. The lowest BCUT2D eigenvalue weighted by Gasteiger charge is -2.13. The number of nitrogens with one attached hydrogen (secondary N) is 2. The topological polar surface area (TPSA) is 97.0 Å². The van der Waals surface area contributed by atoms with E-state index < -0.39 is 24.4 Å². The van der Waals surface area contributed by atoms with Crippen molar-refractivity contribution in [1.82, 2.24) is 10.2 Å². The first-order chi connectivity index (χ1) is 18.2. The average Bonchev–Trinajstić information content (AvgIpc) is 3.12. The van der Waals surface area contributed by atoms with Gasteiger partial charge in [0.1, 0.15) is 30.3 Å². The number of urea groups is 1. The van der Waals surface area contributed by atoms with E-state index in [0.29, 0.717) is 41.7 Å². The molecule has 196 valence electrons. The molecule has 0 aliphatic carbocycles. The second kappa shape index (κ2) is 12.2. The van der Waals surface area contributed by atoms with Crippen LogP contribution in [0.15, 0.2) is 69.2 Å². The van der Waals surface area contributed by atoms with Crippen molar-refractivity contribution in [3.63, 3.8) is 0 Å². The molecule has 3 aromatic carbocycles. The summed E-state index contributed by atoms with van der Waals surface area (Å²) in [6.45, 7) is -0.262. The van der Waals surface area contributed by atoms with Crippen LogP contribution in [0.3, 0.4) is 0 Å². The first kappa shape index (κ1) is 28.0. The molecular formula is C26H19Br2Cl2N3O5. The van der Waals surface area contributed by atoms with Crippen molar-refractivity contribution in [2.24, 2.45) is 0 Å². The molecule has 1 aliphatic heterocycles. The summed E-state index contributed by atoms with van der Waals surface area (Å²) >= 11 is 19.1. The number of anilines is 1. The quantitative estimate of drug-likeness (QED) is 0.205. The number of benzene rings is 3. The number of para-hydroxylation sites is 2. The maximum absolute atomic E-state index is 12.9. The lowest BCUT2D eigenvalue weighted by atomic mass is 10.2. The van der Waals surface area contributed by atoms with Crippen LogP contribution < -0.4 is 20.1 Å². The molecule has 0 unspecified atom stereocenters. The Kier molecular flexibility index (Phi) is 8.99. The van der Waals surface area contributed by atoms with Gasteiger partial charge in [-0.1, -0.05) is 41.4 Å². The van der Waals surface area contributed by atoms with E-state index in [9.17, 15) is 14.4 Å². The predicted molar refractivity (Wildman–Crippen MR) is 152 cm³/mol. The molecule has 1 heterocycles. The number of nitrogens with zero attached hydrogens (tertiary/aromatic N) is 1. The normalized spacial score (nSPS) is 14.0. The van der Waals surface area contributed by atoms with E-state index >= 15 is 0 Å². The average molecular weight is 684 g/mol. The Balaban J connectivity index is 1.45.